The Morgan fingerprint density at radius 2 is 1.65 bits per heavy atom. The second-order valence-corrected chi connectivity index (χ2v) is 6.54. The van der Waals surface area contributed by atoms with Gasteiger partial charge in [-0.2, -0.15) is 0 Å². The molecule has 2 amide bonds. The van der Waals surface area contributed by atoms with E-state index in [1.54, 1.807) is 18.2 Å². The summed E-state index contributed by atoms with van der Waals surface area (Å²) in [6.45, 7) is 3.78. The maximum atomic E-state index is 12.0. The normalized spacial score (nSPS) is 10.3. The van der Waals surface area contributed by atoms with Crippen LogP contribution in [-0.4, -0.2) is 11.8 Å². The lowest BCUT2D eigenvalue weighted by Gasteiger charge is -2.11. The highest BCUT2D eigenvalue weighted by Crippen LogP contribution is 2.27. The van der Waals surface area contributed by atoms with E-state index in [9.17, 15) is 9.59 Å². The van der Waals surface area contributed by atoms with Crippen molar-refractivity contribution in [2.24, 2.45) is 0 Å². The van der Waals surface area contributed by atoms with Crippen LogP contribution in [-0.2, 0) is 9.59 Å². The predicted octanol–water partition coefficient (Wildman–Crippen LogP) is 4.69. The Bertz CT molecular complexity index is 722. The Kier molecular flexibility index (Phi) is 5.80. The van der Waals surface area contributed by atoms with Crippen LogP contribution in [0.15, 0.2) is 40.9 Å². The summed E-state index contributed by atoms with van der Waals surface area (Å²) in [4.78, 5) is 23.9. The van der Waals surface area contributed by atoms with Crippen molar-refractivity contribution in [1.82, 2.24) is 0 Å². The van der Waals surface area contributed by atoms with Gasteiger partial charge in [0.25, 0.3) is 0 Å². The van der Waals surface area contributed by atoms with Crippen molar-refractivity contribution in [2.45, 2.75) is 20.3 Å². The number of halogens is 2. The van der Waals surface area contributed by atoms with Gasteiger partial charge in [-0.15, -0.1) is 0 Å². The number of rotatable bonds is 4. The van der Waals surface area contributed by atoms with E-state index >= 15 is 0 Å². The molecule has 0 spiro atoms. The second kappa shape index (κ2) is 7.62. The molecule has 0 atom stereocenters. The van der Waals surface area contributed by atoms with Gasteiger partial charge in [0, 0.05) is 10.2 Å². The third-order valence-corrected chi connectivity index (χ3v) is 3.97. The third kappa shape index (κ3) is 5.08. The molecule has 0 heterocycles. The number of amides is 2. The first-order valence-electron chi connectivity index (χ1n) is 6.97. The number of carbonyl (C=O) groups is 2. The van der Waals surface area contributed by atoms with Crippen molar-refractivity contribution in [3.05, 3.63) is 57.0 Å². The molecular weight excluding hydrogens is 380 g/mol. The van der Waals surface area contributed by atoms with E-state index < -0.39 is 5.91 Å². The first-order valence-corrected chi connectivity index (χ1v) is 8.14. The van der Waals surface area contributed by atoms with Gasteiger partial charge in [-0.3, -0.25) is 9.59 Å². The van der Waals surface area contributed by atoms with Gasteiger partial charge in [0.05, 0.1) is 10.7 Å². The second-order valence-electron chi connectivity index (χ2n) is 5.22. The Balaban J connectivity index is 1.97. The van der Waals surface area contributed by atoms with Crippen LogP contribution in [0.2, 0.25) is 5.02 Å². The van der Waals surface area contributed by atoms with Crippen LogP contribution in [0.3, 0.4) is 0 Å². The zero-order chi connectivity index (χ0) is 17.0. The first-order chi connectivity index (χ1) is 10.8. The average molecular weight is 396 g/mol. The van der Waals surface area contributed by atoms with E-state index in [-0.39, 0.29) is 12.3 Å². The molecule has 0 radical (unpaired) electrons. The molecule has 2 aromatic rings. The number of hydrogen-bond acceptors (Lipinski definition) is 2. The topological polar surface area (TPSA) is 58.2 Å². The summed E-state index contributed by atoms with van der Waals surface area (Å²) in [6.07, 6.45) is -0.278. The molecule has 0 bridgehead atoms. The zero-order valence-electron chi connectivity index (χ0n) is 12.7. The van der Waals surface area contributed by atoms with E-state index in [0.717, 1.165) is 15.6 Å². The molecule has 2 aromatic carbocycles. The Morgan fingerprint density at radius 3 is 2.26 bits per heavy atom. The van der Waals surface area contributed by atoms with Crippen molar-refractivity contribution in [2.75, 3.05) is 10.6 Å². The molecule has 0 aromatic heterocycles. The molecule has 23 heavy (non-hydrogen) atoms. The molecule has 0 aliphatic carbocycles. The van der Waals surface area contributed by atoms with Gasteiger partial charge in [-0.25, -0.2) is 0 Å². The summed E-state index contributed by atoms with van der Waals surface area (Å²) >= 11 is 9.46. The first kappa shape index (κ1) is 17.5. The maximum Gasteiger partial charge on any atom is 0.233 e. The molecule has 6 heteroatoms. The molecule has 0 fully saturated rings. The maximum absolute atomic E-state index is 12.0. The molecule has 2 rings (SSSR count). The van der Waals surface area contributed by atoms with Gasteiger partial charge < -0.3 is 10.6 Å². The summed E-state index contributed by atoms with van der Waals surface area (Å²) in [7, 11) is 0. The molecule has 0 aliphatic rings. The van der Waals surface area contributed by atoms with Gasteiger partial charge in [-0.1, -0.05) is 33.6 Å². The molecule has 4 nitrogen and oxygen atoms in total. The fourth-order valence-corrected chi connectivity index (χ4v) is 2.77. The van der Waals surface area contributed by atoms with Crippen LogP contribution in [0.5, 0.6) is 0 Å². The highest BCUT2D eigenvalue weighted by molar-refractivity contribution is 9.10. The van der Waals surface area contributed by atoms with E-state index in [0.29, 0.717) is 16.4 Å². The number of hydrogen-bond donors (Lipinski definition) is 2. The molecule has 0 unspecified atom stereocenters. The summed E-state index contributed by atoms with van der Waals surface area (Å²) < 4.78 is 0.915. The van der Waals surface area contributed by atoms with Crippen molar-refractivity contribution >= 4 is 50.7 Å². The molecular formula is C17H16BrClN2O2. The van der Waals surface area contributed by atoms with Gasteiger partial charge in [0.2, 0.25) is 11.8 Å². The minimum atomic E-state index is -0.409. The standard InChI is InChI=1S/C17H16BrClN2O2/c1-10-7-11(2)17(14(19)8-10)21-16(23)9-15(22)20-13-5-3-12(18)4-6-13/h3-8H,9H2,1-2H3,(H,20,22)(H,21,23). The van der Waals surface area contributed by atoms with Crippen molar-refractivity contribution in [1.29, 1.82) is 0 Å². The number of aryl methyl sites for hydroxylation is 2. The number of benzene rings is 2. The highest BCUT2D eigenvalue weighted by atomic mass is 79.9. The zero-order valence-corrected chi connectivity index (χ0v) is 15.1. The number of carbonyl (C=O) groups excluding carboxylic acids is 2. The summed E-state index contributed by atoms with van der Waals surface area (Å²) in [5.41, 5.74) is 3.05. The summed E-state index contributed by atoms with van der Waals surface area (Å²) in [6, 6.07) is 10.8. The summed E-state index contributed by atoms with van der Waals surface area (Å²) in [5.74, 6) is -0.792. The van der Waals surface area contributed by atoms with Crippen LogP contribution < -0.4 is 10.6 Å². The Morgan fingerprint density at radius 1 is 1.04 bits per heavy atom. The van der Waals surface area contributed by atoms with Crippen LogP contribution in [0.25, 0.3) is 0 Å². The van der Waals surface area contributed by atoms with Crippen LogP contribution in [0, 0.1) is 13.8 Å². The van der Waals surface area contributed by atoms with E-state index in [1.807, 2.05) is 32.0 Å². The predicted molar refractivity (Wildman–Crippen MR) is 96.9 cm³/mol. The number of anilines is 2. The van der Waals surface area contributed by atoms with E-state index in [4.69, 9.17) is 11.6 Å². The fraction of sp³-hybridized carbons (Fsp3) is 0.176. The van der Waals surface area contributed by atoms with E-state index in [1.165, 1.54) is 0 Å². The number of nitrogens with one attached hydrogen (secondary N) is 2. The van der Waals surface area contributed by atoms with Gasteiger partial charge in [-0.05, 0) is 55.3 Å². The minimum Gasteiger partial charge on any atom is -0.326 e. The van der Waals surface area contributed by atoms with Gasteiger partial charge in [0.1, 0.15) is 6.42 Å². The monoisotopic (exact) mass is 394 g/mol. The molecule has 0 saturated heterocycles. The van der Waals surface area contributed by atoms with Gasteiger partial charge in [0.15, 0.2) is 0 Å². The van der Waals surface area contributed by atoms with E-state index in [2.05, 4.69) is 26.6 Å². The van der Waals surface area contributed by atoms with Crippen LogP contribution >= 0.6 is 27.5 Å². The Hall–Kier alpha value is -1.85. The molecule has 120 valence electrons. The lowest BCUT2D eigenvalue weighted by molar-refractivity contribution is -0.123. The average Bonchev–Trinajstić information content (AvgIpc) is 2.45. The van der Waals surface area contributed by atoms with Crippen molar-refractivity contribution < 1.29 is 9.59 Å². The fourth-order valence-electron chi connectivity index (χ4n) is 2.14. The lowest BCUT2D eigenvalue weighted by atomic mass is 10.1. The SMILES string of the molecule is Cc1cc(C)c(NC(=O)CC(=O)Nc2ccc(Br)cc2)c(Cl)c1. The highest BCUT2D eigenvalue weighted by Gasteiger charge is 2.13. The quantitative estimate of drug-likeness (QED) is 0.738. The third-order valence-electron chi connectivity index (χ3n) is 3.15. The minimum absolute atomic E-state index is 0.278. The van der Waals surface area contributed by atoms with Crippen LogP contribution in [0.4, 0.5) is 11.4 Å². The molecule has 2 N–H and O–H groups in total. The van der Waals surface area contributed by atoms with Gasteiger partial charge >= 0.3 is 0 Å². The Labute approximate surface area is 148 Å². The van der Waals surface area contributed by atoms with Crippen molar-refractivity contribution in [3.8, 4) is 0 Å². The van der Waals surface area contributed by atoms with Crippen molar-refractivity contribution in [3.63, 3.8) is 0 Å². The smallest absolute Gasteiger partial charge is 0.233 e. The van der Waals surface area contributed by atoms with Crippen LogP contribution in [0.1, 0.15) is 17.5 Å². The largest absolute Gasteiger partial charge is 0.326 e. The molecule has 0 aliphatic heterocycles. The lowest BCUT2D eigenvalue weighted by Crippen LogP contribution is -2.22. The summed E-state index contributed by atoms with van der Waals surface area (Å²) in [5, 5.41) is 5.83. The molecule has 0 saturated carbocycles.